The SMILES string of the molecule is CCOc1cc(CNCCc2ccccc2)cc(I)c1OC(C)C.Cl. The Labute approximate surface area is 171 Å². The molecule has 0 heterocycles. The van der Waals surface area contributed by atoms with Crippen molar-refractivity contribution in [1.82, 2.24) is 5.32 Å². The Morgan fingerprint density at radius 2 is 1.80 bits per heavy atom. The summed E-state index contributed by atoms with van der Waals surface area (Å²) in [5, 5.41) is 3.51. The van der Waals surface area contributed by atoms with E-state index in [2.05, 4.69) is 70.4 Å². The first-order valence-electron chi connectivity index (χ1n) is 8.46. The van der Waals surface area contributed by atoms with E-state index in [0.29, 0.717) is 6.61 Å². The van der Waals surface area contributed by atoms with Crippen LogP contribution in [-0.2, 0) is 13.0 Å². The standard InChI is InChI=1S/C20H26INO2.ClH/c1-4-23-19-13-17(12-18(21)20(19)24-15(2)3)14-22-11-10-16-8-6-5-7-9-16;/h5-9,12-13,15,22H,4,10-11,14H2,1-3H3;1H. The van der Waals surface area contributed by atoms with E-state index in [-0.39, 0.29) is 18.5 Å². The van der Waals surface area contributed by atoms with Crippen molar-refractivity contribution < 1.29 is 9.47 Å². The third kappa shape index (κ3) is 7.42. The summed E-state index contributed by atoms with van der Waals surface area (Å²) in [5.74, 6) is 1.68. The summed E-state index contributed by atoms with van der Waals surface area (Å²) < 4.78 is 12.8. The van der Waals surface area contributed by atoms with Gasteiger partial charge in [0.15, 0.2) is 11.5 Å². The van der Waals surface area contributed by atoms with Crippen molar-refractivity contribution in [1.29, 1.82) is 0 Å². The largest absolute Gasteiger partial charge is 0.490 e. The molecule has 0 saturated heterocycles. The highest BCUT2D eigenvalue weighted by Gasteiger charge is 2.13. The molecule has 1 N–H and O–H groups in total. The molecular formula is C20H27ClINO2. The summed E-state index contributed by atoms with van der Waals surface area (Å²) >= 11 is 2.32. The Hall–Kier alpha value is -0.980. The molecule has 0 atom stereocenters. The van der Waals surface area contributed by atoms with Gasteiger partial charge in [0.2, 0.25) is 0 Å². The van der Waals surface area contributed by atoms with Crippen LogP contribution in [0.3, 0.4) is 0 Å². The van der Waals surface area contributed by atoms with Gasteiger partial charge in [0.25, 0.3) is 0 Å². The number of hydrogen-bond acceptors (Lipinski definition) is 3. The molecule has 0 amide bonds. The van der Waals surface area contributed by atoms with E-state index >= 15 is 0 Å². The lowest BCUT2D eigenvalue weighted by atomic mass is 10.1. The fraction of sp³-hybridized carbons (Fsp3) is 0.400. The van der Waals surface area contributed by atoms with Crippen LogP contribution in [-0.4, -0.2) is 19.3 Å². The predicted octanol–water partition coefficient (Wildman–Crippen LogP) is 5.23. The molecule has 5 heteroatoms. The molecule has 0 aliphatic heterocycles. The lowest BCUT2D eigenvalue weighted by Crippen LogP contribution is -2.17. The number of nitrogens with one attached hydrogen (secondary N) is 1. The van der Waals surface area contributed by atoms with Crippen LogP contribution >= 0.6 is 35.0 Å². The molecule has 0 aliphatic carbocycles. The quantitative estimate of drug-likeness (QED) is 0.398. The number of benzene rings is 2. The molecule has 0 fully saturated rings. The Bertz CT molecular complexity index is 635. The molecule has 0 unspecified atom stereocenters. The number of ether oxygens (including phenoxy) is 2. The molecule has 0 saturated carbocycles. The van der Waals surface area contributed by atoms with Gasteiger partial charge in [-0.25, -0.2) is 0 Å². The lowest BCUT2D eigenvalue weighted by molar-refractivity contribution is 0.222. The van der Waals surface area contributed by atoms with Gasteiger partial charge in [-0.1, -0.05) is 30.3 Å². The van der Waals surface area contributed by atoms with E-state index in [1.54, 1.807) is 0 Å². The first-order valence-corrected chi connectivity index (χ1v) is 9.54. The Morgan fingerprint density at radius 3 is 2.44 bits per heavy atom. The van der Waals surface area contributed by atoms with Gasteiger partial charge in [0.05, 0.1) is 16.3 Å². The van der Waals surface area contributed by atoms with Gasteiger partial charge < -0.3 is 14.8 Å². The molecule has 0 radical (unpaired) electrons. The minimum Gasteiger partial charge on any atom is -0.490 e. The minimum absolute atomic E-state index is 0. The maximum Gasteiger partial charge on any atom is 0.174 e. The number of halogens is 2. The molecule has 0 aromatic heterocycles. The second-order valence-corrected chi connectivity index (χ2v) is 7.08. The van der Waals surface area contributed by atoms with E-state index in [1.807, 2.05) is 20.8 Å². The smallest absolute Gasteiger partial charge is 0.174 e. The van der Waals surface area contributed by atoms with Gasteiger partial charge in [-0.15, -0.1) is 12.4 Å². The second-order valence-electron chi connectivity index (χ2n) is 5.92. The molecule has 138 valence electrons. The second kappa shape index (κ2) is 11.6. The maximum absolute atomic E-state index is 5.91. The van der Waals surface area contributed by atoms with Gasteiger partial charge in [-0.2, -0.15) is 0 Å². The van der Waals surface area contributed by atoms with Gasteiger partial charge in [-0.3, -0.25) is 0 Å². The average Bonchev–Trinajstić information content (AvgIpc) is 2.56. The van der Waals surface area contributed by atoms with Crippen LogP contribution in [0.5, 0.6) is 11.5 Å². The Kier molecular flexibility index (Phi) is 10.2. The Balaban J connectivity index is 0.00000312. The highest BCUT2D eigenvalue weighted by Crippen LogP contribution is 2.35. The predicted molar refractivity (Wildman–Crippen MR) is 115 cm³/mol. The van der Waals surface area contributed by atoms with Crippen molar-refractivity contribution in [3.63, 3.8) is 0 Å². The third-order valence-electron chi connectivity index (χ3n) is 3.49. The van der Waals surface area contributed by atoms with E-state index in [1.165, 1.54) is 11.1 Å². The summed E-state index contributed by atoms with van der Waals surface area (Å²) in [4.78, 5) is 0. The van der Waals surface area contributed by atoms with E-state index in [4.69, 9.17) is 9.47 Å². The zero-order chi connectivity index (χ0) is 17.4. The Morgan fingerprint density at radius 1 is 1.08 bits per heavy atom. The summed E-state index contributed by atoms with van der Waals surface area (Å²) in [5.41, 5.74) is 2.57. The molecule has 3 nitrogen and oxygen atoms in total. The molecule has 25 heavy (non-hydrogen) atoms. The first-order chi connectivity index (χ1) is 11.6. The summed E-state index contributed by atoms with van der Waals surface area (Å²) in [6.07, 6.45) is 1.16. The monoisotopic (exact) mass is 475 g/mol. The van der Waals surface area contributed by atoms with Gasteiger partial charge >= 0.3 is 0 Å². The van der Waals surface area contributed by atoms with Crippen molar-refractivity contribution in [3.05, 3.63) is 57.2 Å². The molecular weight excluding hydrogens is 449 g/mol. The average molecular weight is 476 g/mol. The van der Waals surface area contributed by atoms with Gasteiger partial charge in [-0.05, 0) is 79.6 Å². The topological polar surface area (TPSA) is 30.5 Å². The van der Waals surface area contributed by atoms with Crippen LogP contribution in [0.25, 0.3) is 0 Å². The van der Waals surface area contributed by atoms with Crippen LogP contribution in [0.1, 0.15) is 31.9 Å². The fourth-order valence-electron chi connectivity index (χ4n) is 2.45. The van der Waals surface area contributed by atoms with Crippen LogP contribution in [0.2, 0.25) is 0 Å². The van der Waals surface area contributed by atoms with Crippen molar-refractivity contribution >= 4 is 35.0 Å². The van der Waals surface area contributed by atoms with E-state index in [0.717, 1.165) is 34.6 Å². The van der Waals surface area contributed by atoms with Crippen molar-refractivity contribution in [3.8, 4) is 11.5 Å². The van der Waals surface area contributed by atoms with Crippen molar-refractivity contribution in [2.45, 2.75) is 39.8 Å². The molecule has 0 spiro atoms. The zero-order valence-electron chi connectivity index (χ0n) is 15.0. The molecule has 2 aromatic carbocycles. The summed E-state index contributed by atoms with van der Waals surface area (Å²) in [6.45, 7) is 8.47. The van der Waals surface area contributed by atoms with Gasteiger partial charge in [0, 0.05) is 6.54 Å². The molecule has 0 bridgehead atoms. The fourth-order valence-corrected chi connectivity index (χ4v) is 3.24. The van der Waals surface area contributed by atoms with Crippen molar-refractivity contribution in [2.24, 2.45) is 0 Å². The first kappa shape index (κ1) is 22.1. The third-order valence-corrected chi connectivity index (χ3v) is 4.29. The van der Waals surface area contributed by atoms with Crippen LogP contribution < -0.4 is 14.8 Å². The van der Waals surface area contributed by atoms with Crippen LogP contribution in [0, 0.1) is 3.57 Å². The number of hydrogen-bond donors (Lipinski definition) is 1. The summed E-state index contributed by atoms with van der Waals surface area (Å²) in [7, 11) is 0. The molecule has 2 aromatic rings. The van der Waals surface area contributed by atoms with E-state index < -0.39 is 0 Å². The van der Waals surface area contributed by atoms with Crippen LogP contribution in [0.4, 0.5) is 0 Å². The van der Waals surface area contributed by atoms with Crippen LogP contribution in [0.15, 0.2) is 42.5 Å². The van der Waals surface area contributed by atoms with Crippen molar-refractivity contribution in [2.75, 3.05) is 13.2 Å². The highest BCUT2D eigenvalue weighted by molar-refractivity contribution is 14.1. The normalized spacial score (nSPS) is 10.4. The van der Waals surface area contributed by atoms with Gasteiger partial charge in [0.1, 0.15) is 0 Å². The lowest BCUT2D eigenvalue weighted by Gasteiger charge is -2.17. The van der Waals surface area contributed by atoms with E-state index in [9.17, 15) is 0 Å². The summed E-state index contributed by atoms with van der Waals surface area (Å²) in [6, 6.07) is 14.8. The minimum atomic E-state index is 0. The maximum atomic E-state index is 5.91. The zero-order valence-corrected chi connectivity index (χ0v) is 18.0. The highest BCUT2D eigenvalue weighted by atomic mass is 127. The number of rotatable bonds is 9. The molecule has 2 rings (SSSR count). The molecule has 0 aliphatic rings.